The molecule has 2 atom stereocenters. The van der Waals surface area contributed by atoms with Gasteiger partial charge in [0.05, 0.1) is 55.3 Å². The van der Waals surface area contributed by atoms with Crippen molar-refractivity contribution < 1.29 is 59.3 Å². The summed E-state index contributed by atoms with van der Waals surface area (Å²) >= 11 is 0. The molecule has 4 aromatic rings. The summed E-state index contributed by atoms with van der Waals surface area (Å²) in [6, 6.07) is 7.24. The second-order valence-electron chi connectivity index (χ2n) is 12.9. The maximum absolute atomic E-state index is 15.7. The van der Waals surface area contributed by atoms with Gasteiger partial charge >= 0.3 is 24.4 Å². The number of alkyl halides is 6. The van der Waals surface area contributed by atoms with Crippen LogP contribution in [0, 0.1) is 12.7 Å². The number of anilines is 1. The molecule has 0 aliphatic carbocycles. The van der Waals surface area contributed by atoms with Crippen molar-refractivity contribution in [3.05, 3.63) is 94.1 Å². The number of cyclic esters (lactones) is 1. The Morgan fingerprint density at radius 1 is 0.907 bits per heavy atom. The van der Waals surface area contributed by atoms with E-state index in [4.69, 9.17) is 23.9 Å². The maximum atomic E-state index is 15.7. The molecular weight excluding hydrogens is 729 g/mol. The highest BCUT2D eigenvalue weighted by atomic mass is 19.4. The van der Waals surface area contributed by atoms with E-state index in [9.17, 15) is 35.9 Å². The second kappa shape index (κ2) is 14.4. The normalized spacial score (nSPS) is 17.7. The van der Waals surface area contributed by atoms with Gasteiger partial charge in [-0.25, -0.2) is 23.9 Å². The average molecular weight is 763 g/mol. The lowest BCUT2D eigenvalue weighted by atomic mass is 9.93. The zero-order valence-electron chi connectivity index (χ0n) is 29.4. The van der Waals surface area contributed by atoms with Gasteiger partial charge in [-0.15, -0.1) is 0 Å². The van der Waals surface area contributed by atoms with Gasteiger partial charge < -0.3 is 23.8 Å². The summed E-state index contributed by atoms with van der Waals surface area (Å²) in [6.07, 6.45) is -11.4. The van der Waals surface area contributed by atoms with Crippen molar-refractivity contribution in [3.8, 4) is 28.0 Å². The molecule has 17 heteroatoms. The van der Waals surface area contributed by atoms with Crippen LogP contribution in [0.4, 0.5) is 41.5 Å². The van der Waals surface area contributed by atoms with Crippen molar-refractivity contribution in [2.24, 2.45) is 0 Å². The Labute approximate surface area is 304 Å². The van der Waals surface area contributed by atoms with E-state index in [0.717, 1.165) is 11.0 Å². The molecule has 0 radical (unpaired) electrons. The highest BCUT2D eigenvalue weighted by Crippen LogP contribution is 2.43. The predicted octanol–water partition coefficient (Wildman–Crippen LogP) is 8.01. The van der Waals surface area contributed by atoms with Gasteiger partial charge in [-0.05, 0) is 66.9 Å². The van der Waals surface area contributed by atoms with Crippen molar-refractivity contribution in [1.29, 1.82) is 0 Å². The van der Waals surface area contributed by atoms with E-state index in [1.54, 1.807) is 31.1 Å². The van der Waals surface area contributed by atoms with Crippen molar-refractivity contribution in [3.63, 3.8) is 0 Å². The number of halogens is 7. The number of amides is 1. The molecule has 2 aliphatic rings. The van der Waals surface area contributed by atoms with Gasteiger partial charge in [-0.3, -0.25) is 4.90 Å². The number of carbonyl (C=O) groups excluding carboxylic acids is 2. The standard InChI is InChI=1S/C37H33F7N4O6/c1-18-8-20(33(49)53-5)6-7-25(18)26-12-27(31(52-4)13-29(26)38)28-14-45-34(47-15-24(16-47)51-3)46-30(28)17-48-19(2)32(54-35(48)50)21-9-22(36(39,40)41)11-23(10-21)37(42,43)44/h6-14,19,24,32H,15-17H2,1-5H3/t19-,32-/m0/s1. The molecule has 0 bridgehead atoms. The number of nitrogens with zero attached hydrogens (tertiary/aromatic N) is 4. The number of aromatic nitrogens is 2. The highest BCUT2D eigenvalue weighted by Gasteiger charge is 2.44. The fourth-order valence-corrected chi connectivity index (χ4v) is 6.47. The number of methoxy groups -OCH3 is 3. The summed E-state index contributed by atoms with van der Waals surface area (Å²) < 4.78 is 119. The molecular formula is C37H33F7N4O6. The van der Waals surface area contributed by atoms with Gasteiger partial charge in [0.15, 0.2) is 0 Å². The van der Waals surface area contributed by atoms with Crippen LogP contribution in [0.1, 0.15) is 51.3 Å². The summed E-state index contributed by atoms with van der Waals surface area (Å²) in [5.74, 6) is -0.914. The number of ether oxygens (including phenoxy) is 4. The van der Waals surface area contributed by atoms with Crippen LogP contribution in [0.5, 0.6) is 5.75 Å². The van der Waals surface area contributed by atoms with Crippen LogP contribution in [0.25, 0.3) is 22.3 Å². The number of hydrogen-bond donors (Lipinski definition) is 0. The molecule has 10 nitrogen and oxygen atoms in total. The lowest BCUT2D eigenvalue weighted by molar-refractivity contribution is -0.143. The average Bonchev–Trinajstić information content (AvgIpc) is 3.38. The second-order valence-corrected chi connectivity index (χ2v) is 12.9. The SMILES string of the molecule is COC(=O)c1ccc(-c2cc(-c3cnc(N4CC(OC)C4)nc3CN3C(=O)O[C@H](c4cc(C(F)(F)F)cc(C(F)(F)F)c4)[C@@H]3C)c(OC)cc2F)c(C)c1. The molecule has 3 aromatic carbocycles. The van der Waals surface area contributed by atoms with Crippen molar-refractivity contribution in [2.45, 2.75) is 51.0 Å². The van der Waals surface area contributed by atoms with Crippen LogP contribution in [0.3, 0.4) is 0 Å². The molecule has 54 heavy (non-hydrogen) atoms. The van der Waals surface area contributed by atoms with Crippen LogP contribution < -0.4 is 9.64 Å². The molecule has 0 spiro atoms. The number of carbonyl (C=O) groups is 2. The number of esters is 1. The number of aryl methyl sites for hydroxylation is 1. The van der Waals surface area contributed by atoms with Gasteiger partial charge in [0.25, 0.3) is 0 Å². The van der Waals surface area contributed by atoms with Crippen molar-refractivity contribution in [1.82, 2.24) is 14.9 Å². The summed E-state index contributed by atoms with van der Waals surface area (Å²) in [4.78, 5) is 37.7. The van der Waals surface area contributed by atoms with E-state index in [2.05, 4.69) is 4.98 Å². The van der Waals surface area contributed by atoms with Gasteiger partial charge in [-0.2, -0.15) is 26.3 Å². The molecule has 3 heterocycles. The van der Waals surface area contributed by atoms with Crippen LogP contribution >= 0.6 is 0 Å². The molecule has 0 N–H and O–H groups in total. The molecule has 2 aliphatic heterocycles. The molecule has 2 fully saturated rings. The molecule has 1 aromatic heterocycles. The minimum absolute atomic E-state index is 0.000645. The zero-order valence-corrected chi connectivity index (χ0v) is 29.4. The van der Waals surface area contributed by atoms with E-state index >= 15 is 4.39 Å². The predicted molar refractivity (Wildman–Crippen MR) is 179 cm³/mol. The lowest BCUT2D eigenvalue weighted by Gasteiger charge is -2.38. The zero-order chi connectivity index (χ0) is 39.3. The van der Waals surface area contributed by atoms with Crippen molar-refractivity contribution in [2.75, 3.05) is 39.3 Å². The van der Waals surface area contributed by atoms with Crippen molar-refractivity contribution >= 4 is 18.0 Å². The summed E-state index contributed by atoms with van der Waals surface area (Å²) in [5.41, 5.74) is -1.44. The third-order valence-corrected chi connectivity index (χ3v) is 9.49. The van der Waals surface area contributed by atoms with Crippen LogP contribution in [-0.4, -0.2) is 73.5 Å². The fraction of sp³-hybridized carbons (Fsp3) is 0.351. The number of hydrogen-bond acceptors (Lipinski definition) is 9. The fourth-order valence-electron chi connectivity index (χ4n) is 6.47. The smallest absolute Gasteiger partial charge is 0.416 e. The molecule has 6 rings (SSSR count). The molecule has 286 valence electrons. The Hall–Kier alpha value is -5.45. The quantitative estimate of drug-likeness (QED) is 0.124. The molecule has 1 amide bonds. The first-order valence-corrected chi connectivity index (χ1v) is 16.4. The Morgan fingerprint density at radius 2 is 1.57 bits per heavy atom. The number of benzene rings is 3. The van der Waals surface area contributed by atoms with E-state index in [0.29, 0.717) is 41.9 Å². The van der Waals surface area contributed by atoms with Gasteiger partial charge in [-0.1, -0.05) is 6.07 Å². The third kappa shape index (κ3) is 7.36. The minimum Gasteiger partial charge on any atom is -0.496 e. The highest BCUT2D eigenvalue weighted by molar-refractivity contribution is 5.91. The van der Waals surface area contributed by atoms with E-state index < -0.39 is 59.1 Å². The Morgan fingerprint density at radius 3 is 2.15 bits per heavy atom. The first-order chi connectivity index (χ1) is 25.4. The molecule has 2 saturated heterocycles. The Bertz CT molecular complexity index is 2070. The molecule has 0 saturated carbocycles. The van der Waals surface area contributed by atoms with E-state index in [1.165, 1.54) is 39.5 Å². The lowest BCUT2D eigenvalue weighted by Crippen LogP contribution is -2.52. The third-order valence-electron chi connectivity index (χ3n) is 9.49. The van der Waals surface area contributed by atoms with Crippen LogP contribution in [-0.2, 0) is 33.1 Å². The maximum Gasteiger partial charge on any atom is 0.416 e. The van der Waals surface area contributed by atoms with Crippen LogP contribution in [0.2, 0.25) is 0 Å². The van der Waals surface area contributed by atoms with Crippen LogP contribution in [0.15, 0.2) is 54.7 Å². The summed E-state index contributed by atoms with van der Waals surface area (Å²) in [7, 11) is 4.11. The largest absolute Gasteiger partial charge is 0.496 e. The monoisotopic (exact) mass is 762 g/mol. The first-order valence-electron chi connectivity index (χ1n) is 16.4. The topological polar surface area (TPSA) is 103 Å². The number of rotatable bonds is 9. The minimum atomic E-state index is -5.11. The summed E-state index contributed by atoms with van der Waals surface area (Å²) in [5, 5.41) is 0. The Balaban J connectivity index is 1.43. The molecule has 0 unspecified atom stereocenters. The van der Waals surface area contributed by atoms with Gasteiger partial charge in [0, 0.05) is 49.2 Å². The Kier molecular flexibility index (Phi) is 10.2. The van der Waals surface area contributed by atoms with Gasteiger partial charge in [0.2, 0.25) is 5.95 Å². The summed E-state index contributed by atoms with van der Waals surface area (Å²) in [6.45, 7) is 3.67. The first kappa shape index (κ1) is 38.3. The van der Waals surface area contributed by atoms with E-state index in [-0.39, 0.29) is 52.8 Å². The van der Waals surface area contributed by atoms with E-state index in [1.807, 2.05) is 0 Å². The van der Waals surface area contributed by atoms with Gasteiger partial charge in [0.1, 0.15) is 17.7 Å².